The van der Waals surface area contributed by atoms with Crippen molar-refractivity contribution in [2.45, 2.75) is 6.54 Å². The van der Waals surface area contributed by atoms with Crippen LogP contribution in [-0.2, 0) is 6.54 Å². The Kier molecular flexibility index (Phi) is 4.53. The van der Waals surface area contributed by atoms with E-state index in [0.29, 0.717) is 5.56 Å². The summed E-state index contributed by atoms with van der Waals surface area (Å²) in [5, 5.41) is 9.04. The van der Waals surface area contributed by atoms with Gasteiger partial charge in [0.15, 0.2) is 0 Å². The maximum absolute atomic E-state index is 9.04. The molecule has 2 aromatic rings. The number of hydrogen-bond acceptors (Lipinski definition) is 3. The van der Waals surface area contributed by atoms with Crippen molar-refractivity contribution >= 4 is 0 Å². The van der Waals surface area contributed by atoms with Crippen LogP contribution in [0.2, 0.25) is 0 Å². The van der Waals surface area contributed by atoms with Crippen molar-refractivity contribution in [2.24, 2.45) is 0 Å². The smallest absolute Gasteiger partial charge is 0.0991 e. The molecule has 1 fully saturated rings. The molecular formula is C19H21N3. The largest absolute Gasteiger partial charge is 0.304 e. The Labute approximate surface area is 132 Å². The molecule has 0 amide bonds. The van der Waals surface area contributed by atoms with Crippen LogP contribution in [0.3, 0.4) is 0 Å². The van der Waals surface area contributed by atoms with Gasteiger partial charge in [0.2, 0.25) is 0 Å². The molecular weight excluding hydrogens is 270 g/mol. The van der Waals surface area contributed by atoms with Crippen molar-refractivity contribution < 1.29 is 0 Å². The normalized spacial score (nSPS) is 16.4. The second kappa shape index (κ2) is 6.74. The Balaban J connectivity index is 1.76. The first kappa shape index (κ1) is 14.8. The van der Waals surface area contributed by atoms with Crippen LogP contribution >= 0.6 is 0 Å². The van der Waals surface area contributed by atoms with E-state index in [2.05, 4.69) is 53.2 Å². The van der Waals surface area contributed by atoms with Crippen LogP contribution in [-0.4, -0.2) is 43.0 Å². The zero-order chi connectivity index (χ0) is 15.4. The number of benzene rings is 2. The topological polar surface area (TPSA) is 30.3 Å². The average molecular weight is 291 g/mol. The van der Waals surface area contributed by atoms with E-state index in [1.165, 1.54) is 11.1 Å². The molecule has 0 atom stereocenters. The molecule has 3 rings (SSSR count). The van der Waals surface area contributed by atoms with E-state index in [9.17, 15) is 0 Å². The second-order valence-corrected chi connectivity index (χ2v) is 5.97. The fraction of sp³-hybridized carbons (Fsp3) is 0.316. The Morgan fingerprint density at radius 1 is 0.955 bits per heavy atom. The summed E-state index contributed by atoms with van der Waals surface area (Å²) in [6.45, 7) is 5.54. The van der Waals surface area contributed by atoms with Crippen LogP contribution in [0.5, 0.6) is 0 Å². The van der Waals surface area contributed by atoms with Crippen LogP contribution in [0, 0.1) is 11.3 Å². The fourth-order valence-corrected chi connectivity index (χ4v) is 2.88. The second-order valence-electron chi connectivity index (χ2n) is 5.97. The van der Waals surface area contributed by atoms with Gasteiger partial charge in [-0.25, -0.2) is 0 Å². The Morgan fingerprint density at radius 3 is 2.36 bits per heavy atom. The number of hydrogen-bond donors (Lipinski definition) is 0. The van der Waals surface area contributed by atoms with Gasteiger partial charge in [-0.2, -0.15) is 5.26 Å². The highest BCUT2D eigenvalue weighted by Crippen LogP contribution is 2.22. The molecule has 1 aliphatic rings. The maximum Gasteiger partial charge on any atom is 0.0991 e. The molecule has 0 spiro atoms. The van der Waals surface area contributed by atoms with Gasteiger partial charge in [-0.05, 0) is 41.9 Å². The number of rotatable bonds is 3. The summed E-state index contributed by atoms with van der Waals surface area (Å²) >= 11 is 0. The zero-order valence-electron chi connectivity index (χ0n) is 13.0. The summed E-state index contributed by atoms with van der Waals surface area (Å²) in [4.78, 5) is 4.88. The number of nitriles is 1. The maximum atomic E-state index is 9.04. The van der Waals surface area contributed by atoms with Crippen molar-refractivity contribution in [1.29, 1.82) is 5.26 Å². The predicted octanol–water partition coefficient (Wildman–Crippen LogP) is 2.97. The summed E-state index contributed by atoms with van der Waals surface area (Å²) in [7, 11) is 2.18. The molecule has 0 bridgehead atoms. The average Bonchev–Trinajstić information content (AvgIpc) is 2.57. The van der Waals surface area contributed by atoms with Gasteiger partial charge in [0.05, 0.1) is 11.6 Å². The third-order valence-electron chi connectivity index (χ3n) is 4.25. The molecule has 0 aliphatic carbocycles. The highest BCUT2D eigenvalue weighted by Gasteiger charge is 2.13. The van der Waals surface area contributed by atoms with Crippen LogP contribution in [0.15, 0.2) is 48.5 Å². The summed E-state index contributed by atoms with van der Waals surface area (Å²) in [5.41, 5.74) is 4.34. The molecule has 2 aromatic carbocycles. The number of likely N-dealkylation sites (N-methyl/N-ethyl adjacent to an activating group) is 1. The Hall–Kier alpha value is -2.15. The van der Waals surface area contributed by atoms with E-state index in [0.717, 1.165) is 38.3 Å². The van der Waals surface area contributed by atoms with Crippen molar-refractivity contribution in [1.82, 2.24) is 9.80 Å². The summed E-state index contributed by atoms with van der Waals surface area (Å²) < 4.78 is 0. The van der Waals surface area contributed by atoms with Gasteiger partial charge in [-0.15, -0.1) is 0 Å². The van der Waals surface area contributed by atoms with E-state index < -0.39 is 0 Å². The van der Waals surface area contributed by atoms with Crippen LogP contribution in [0.1, 0.15) is 11.1 Å². The lowest BCUT2D eigenvalue weighted by atomic mass is 10.0. The van der Waals surface area contributed by atoms with Gasteiger partial charge in [-0.1, -0.05) is 30.3 Å². The molecule has 3 heteroatoms. The number of piperazine rings is 1. The molecule has 1 heterocycles. The fourth-order valence-electron chi connectivity index (χ4n) is 2.88. The van der Waals surface area contributed by atoms with Crippen molar-refractivity contribution in [3.63, 3.8) is 0 Å². The molecule has 3 nitrogen and oxygen atoms in total. The van der Waals surface area contributed by atoms with Gasteiger partial charge in [0, 0.05) is 32.7 Å². The number of nitrogens with zero attached hydrogens (tertiary/aromatic N) is 3. The van der Waals surface area contributed by atoms with Crippen molar-refractivity contribution in [3.05, 3.63) is 59.7 Å². The standard InChI is InChI=1S/C19H21N3/c1-21-8-10-22(11-9-21)15-17-5-3-7-19(13-17)18-6-2-4-16(12-18)14-20/h2-7,12-13H,8-11,15H2,1H3. The molecule has 0 N–H and O–H groups in total. The Bertz CT molecular complexity index is 679. The van der Waals surface area contributed by atoms with Gasteiger partial charge >= 0.3 is 0 Å². The molecule has 1 saturated heterocycles. The van der Waals surface area contributed by atoms with Crippen LogP contribution in [0.25, 0.3) is 11.1 Å². The van der Waals surface area contributed by atoms with Gasteiger partial charge in [-0.3, -0.25) is 4.90 Å². The third kappa shape index (κ3) is 3.54. The van der Waals surface area contributed by atoms with Crippen LogP contribution in [0.4, 0.5) is 0 Å². The molecule has 0 aromatic heterocycles. The van der Waals surface area contributed by atoms with Crippen LogP contribution < -0.4 is 0 Å². The van der Waals surface area contributed by atoms with E-state index in [-0.39, 0.29) is 0 Å². The molecule has 112 valence electrons. The summed E-state index contributed by atoms with van der Waals surface area (Å²) in [5.74, 6) is 0. The van der Waals surface area contributed by atoms with Gasteiger partial charge in [0.25, 0.3) is 0 Å². The highest BCUT2D eigenvalue weighted by molar-refractivity contribution is 5.65. The molecule has 0 saturated carbocycles. The van der Waals surface area contributed by atoms with E-state index in [4.69, 9.17) is 5.26 Å². The quantitative estimate of drug-likeness (QED) is 0.871. The summed E-state index contributed by atoms with van der Waals surface area (Å²) in [6.07, 6.45) is 0. The minimum Gasteiger partial charge on any atom is -0.304 e. The lowest BCUT2D eigenvalue weighted by molar-refractivity contribution is 0.148. The minimum atomic E-state index is 0.710. The van der Waals surface area contributed by atoms with E-state index in [1.54, 1.807) is 0 Å². The van der Waals surface area contributed by atoms with Crippen molar-refractivity contribution in [3.8, 4) is 17.2 Å². The van der Waals surface area contributed by atoms with Gasteiger partial charge in [0.1, 0.15) is 0 Å². The first-order chi connectivity index (χ1) is 10.7. The van der Waals surface area contributed by atoms with E-state index in [1.807, 2.05) is 18.2 Å². The Morgan fingerprint density at radius 2 is 1.64 bits per heavy atom. The predicted molar refractivity (Wildman–Crippen MR) is 89.4 cm³/mol. The minimum absolute atomic E-state index is 0.710. The monoisotopic (exact) mass is 291 g/mol. The van der Waals surface area contributed by atoms with Crippen molar-refractivity contribution in [2.75, 3.05) is 33.2 Å². The third-order valence-corrected chi connectivity index (χ3v) is 4.25. The zero-order valence-corrected chi connectivity index (χ0v) is 13.0. The van der Waals surface area contributed by atoms with Gasteiger partial charge < -0.3 is 4.90 Å². The first-order valence-electron chi connectivity index (χ1n) is 7.75. The highest BCUT2D eigenvalue weighted by atomic mass is 15.2. The molecule has 0 radical (unpaired) electrons. The molecule has 1 aliphatic heterocycles. The molecule has 0 unspecified atom stereocenters. The lowest BCUT2D eigenvalue weighted by Crippen LogP contribution is -2.43. The first-order valence-corrected chi connectivity index (χ1v) is 7.75. The molecule has 22 heavy (non-hydrogen) atoms. The SMILES string of the molecule is CN1CCN(Cc2cccc(-c3cccc(C#N)c3)c2)CC1. The summed E-state index contributed by atoms with van der Waals surface area (Å²) in [6, 6.07) is 18.7. The lowest BCUT2D eigenvalue weighted by Gasteiger charge is -2.32. The van der Waals surface area contributed by atoms with E-state index >= 15 is 0 Å².